The molecule has 0 saturated heterocycles. The summed E-state index contributed by atoms with van der Waals surface area (Å²) in [5, 5.41) is 23.4. The molecule has 0 spiro atoms. The summed E-state index contributed by atoms with van der Waals surface area (Å²) in [6.45, 7) is 4.99. The molecule has 0 bridgehead atoms. The van der Waals surface area contributed by atoms with Gasteiger partial charge in [0.05, 0.1) is 25.4 Å². The second kappa shape index (κ2) is 70.8. The first-order valence-corrected chi connectivity index (χ1v) is 37.1. The molecule has 3 N–H and O–H groups in total. The maximum atomic E-state index is 12.5. The Hall–Kier alpha value is -1.66. The number of aliphatic hydroxyl groups is 2. The zero-order valence-corrected chi connectivity index (χ0v) is 55.0. The summed E-state index contributed by atoms with van der Waals surface area (Å²) in [6, 6.07) is -0.545. The van der Waals surface area contributed by atoms with Gasteiger partial charge in [-0.15, -0.1) is 0 Å². The molecule has 2 unspecified atom stereocenters. The Kier molecular flexibility index (Phi) is 69.4. The Bertz CT molecular complexity index is 1270. The lowest BCUT2D eigenvalue weighted by Gasteiger charge is -2.22. The largest absolute Gasteiger partial charge is 0.466 e. The first-order valence-electron chi connectivity index (χ1n) is 37.1. The molecule has 0 heterocycles. The van der Waals surface area contributed by atoms with Gasteiger partial charge in [0.15, 0.2) is 0 Å². The van der Waals surface area contributed by atoms with E-state index in [0.29, 0.717) is 25.9 Å². The average Bonchev–Trinajstić information content (AvgIpc) is 3.47. The van der Waals surface area contributed by atoms with Crippen molar-refractivity contribution in [1.29, 1.82) is 0 Å². The van der Waals surface area contributed by atoms with Crippen LogP contribution in [0.2, 0.25) is 0 Å². The first-order chi connectivity index (χ1) is 40.0. The van der Waals surface area contributed by atoms with Crippen LogP contribution >= 0.6 is 0 Å². The quantitative estimate of drug-likeness (QED) is 0.0320. The van der Waals surface area contributed by atoms with Crippen molar-refractivity contribution in [2.45, 2.75) is 431 Å². The van der Waals surface area contributed by atoms with Gasteiger partial charge < -0.3 is 20.3 Å². The Labute approximate surface area is 507 Å². The van der Waals surface area contributed by atoms with Gasteiger partial charge in [-0.2, -0.15) is 0 Å². The van der Waals surface area contributed by atoms with E-state index in [1.165, 1.54) is 340 Å². The third-order valence-corrected chi connectivity index (χ3v) is 17.5. The van der Waals surface area contributed by atoms with Gasteiger partial charge in [-0.3, -0.25) is 9.59 Å². The number of ether oxygens (including phenoxy) is 1. The van der Waals surface area contributed by atoms with Gasteiger partial charge in [-0.05, 0) is 77.0 Å². The molecule has 0 aromatic carbocycles. The van der Waals surface area contributed by atoms with Gasteiger partial charge in [0.1, 0.15) is 0 Å². The number of carbonyl (C=O) groups is 2. The molecule has 1 amide bonds. The molecule has 81 heavy (non-hydrogen) atoms. The lowest BCUT2D eigenvalue weighted by atomic mass is 10.0. The number of esters is 1. The fraction of sp³-hybridized carbons (Fsp3) is 0.920. The fourth-order valence-electron chi connectivity index (χ4n) is 11.8. The molecule has 6 nitrogen and oxygen atoms in total. The number of amides is 1. The Balaban J connectivity index is 3.38. The SMILES string of the molecule is CCCCCCCC/C=C\CCCCCCCCCCCC(=O)OCCCCCCCCCCCCCC/C=C\CCCCCCCCCCCC(=O)NC(CO)C(O)CCCCCCCCCCCCCCCCCCCCCC. The zero-order chi connectivity index (χ0) is 58.5. The van der Waals surface area contributed by atoms with Gasteiger partial charge in [0, 0.05) is 12.8 Å². The number of hydrogen-bond donors (Lipinski definition) is 3. The van der Waals surface area contributed by atoms with Crippen molar-refractivity contribution in [3.05, 3.63) is 24.3 Å². The third kappa shape index (κ3) is 67.3. The van der Waals surface area contributed by atoms with Crippen LogP contribution in [0.4, 0.5) is 0 Å². The van der Waals surface area contributed by atoms with Gasteiger partial charge in [0.25, 0.3) is 0 Å². The van der Waals surface area contributed by atoms with Crippen molar-refractivity contribution in [3.63, 3.8) is 0 Å². The van der Waals surface area contributed by atoms with Crippen LogP contribution in [0.1, 0.15) is 418 Å². The van der Waals surface area contributed by atoms with Gasteiger partial charge in [-0.1, -0.05) is 353 Å². The van der Waals surface area contributed by atoms with Gasteiger partial charge in [0.2, 0.25) is 5.91 Å². The number of aliphatic hydroxyl groups excluding tert-OH is 2. The van der Waals surface area contributed by atoms with Gasteiger partial charge in [-0.25, -0.2) is 0 Å². The number of nitrogens with one attached hydrogen (secondary N) is 1. The topological polar surface area (TPSA) is 95.9 Å². The highest BCUT2D eigenvalue weighted by Gasteiger charge is 2.20. The van der Waals surface area contributed by atoms with Crippen LogP contribution in [-0.2, 0) is 14.3 Å². The highest BCUT2D eigenvalue weighted by Crippen LogP contribution is 2.19. The van der Waals surface area contributed by atoms with E-state index in [-0.39, 0.29) is 18.5 Å². The Morgan fingerprint density at radius 2 is 0.580 bits per heavy atom. The zero-order valence-electron chi connectivity index (χ0n) is 55.0. The summed E-state index contributed by atoms with van der Waals surface area (Å²) in [6.07, 6.45) is 89.5. The monoisotopic (exact) mass is 1140 g/mol. The second-order valence-electron chi connectivity index (χ2n) is 25.6. The molecule has 480 valence electrons. The molecule has 6 heteroatoms. The molecule has 0 aliphatic rings. The molecule has 0 aromatic heterocycles. The Morgan fingerprint density at radius 1 is 0.333 bits per heavy atom. The van der Waals surface area contributed by atoms with Crippen molar-refractivity contribution in [2.75, 3.05) is 13.2 Å². The molecule has 0 radical (unpaired) electrons. The fourth-order valence-corrected chi connectivity index (χ4v) is 11.8. The molecule has 0 saturated carbocycles. The van der Waals surface area contributed by atoms with E-state index in [0.717, 1.165) is 44.9 Å². The molecular weight excluding hydrogens is 995 g/mol. The summed E-state index contributed by atoms with van der Waals surface area (Å²) >= 11 is 0. The number of hydrogen-bond acceptors (Lipinski definition) is 5. The van der Waals surface area contributed by atoms with E-state index in [9.17, 15) is 19.8 Å². The average molecular weight is 1140 g/mol. The van der Waals surface area contributed by atoms with Crippen LogP contribution in [0, 0.1) is 0 Å². The number of carbonyl (C=O) groups excluding carboxylic acids is 2. The maximum Gasteiger partial charge on any atom is 0.305 e. The number of allylic oxidation sites excluding steroid dienone is 4. The Morgan fingerprint density at radius 3 is 0.877 bits per heavy atom. The van der Waals surface area contributed by atoms with Crippen LogP contribution in [0.25, 0.3) is 0 Å². The predicted molar refractivity (Wildman–Crippen MR) is 356 cm³/mol. The van der Waals surface area contributed by atoms with Crippen LogP contribution in [0.15, 0.2) is 24.3 Å². The van der Waals surface area contributed by atoms with Crippen LogP contribution in [0.5, 0.6) is 0 Å². The summed E-state index contributed by atoms with van der Waals surface area (Å²) in [4.78, 5) is 24.7. The van der Waals surface area contributed by atoms with Crippen molar-refractivity contribution in [3.8, 4) is 0 Å². The van der Waals surface area contributed by atoms with E-state index >= 15 is 0 Å². The number of unbranched alkanes of at least 4 members (excludes halogenated alkanes) is 55. The van der Waals surface area contributed by atoms with Gasteiger partial charge >= 0.3 is 5.97 Å². The van der Waals surface area contributed by atoms with E-state index in [2.05, 4.69) is 43.5 Å². The van der Waals surface area contributed by atoms with Crippen molar-refractivity contribution in [2.24, 2.45) is 0 Å². The van der Waals surface area contributed by atoms with Crippen molar-refractivity contribution in [1.82, 2.24) is 5.32 Å². The standard InChI is InChI=1S/C75H145NO5/c1-3-5-7-9-11-13-15-17-19-21-23-32-35-39-43-47-51-55-59-63-67-73(78)72(71-77)76-74(79)68-64-60-56-52-48-44-40-36-33-29-27-25-24-26-28-30-34-38-42-46-50-54-58-62-66-70-81-75(80)69-65-61-57-53-49-45-41-37-31-22-20-18-16-14-12-10-8-6-4-2/h18,20,25,27,72-73,77-78H,3-17,19,21-24,26,28-71H2,1-2H3,(H,76,79)/b20-18-,27-25-. The van der Waals surface area contributed by atoms with Crippen molar-refractivity contribution >= 4 is 11.9 Å². The predicted octanol–water partition coefficient (Wildman–Crippen LogP) is 24.1. The van der Waals surface area contributed by atoms with E-state index in [1.807, 2.05) is 0 Å². The van der Waals surface area contributed by atoms with Crippen molar-refractivity contribution < 1.29 is 24.5 Å². The maximum absolute atomic E-state index is 12.5. The number of rotatable bonds is 70. The minimum absolute atomic E-state index is 0.0141. The molecule has 0 aliphatic carbocycles. The molecule has 0 aromatic rings. The van der Waals surface area contributed by atoms with Crippen LogP contribution in [-0.4, -0.2) is 47.4 Å². The summed E-state index contributed by atoms with van der Waals surface area (Å²) in [5.41, 5.74) is 0. The normalized spacial score (nSPS) is 12.6. The highest BCUT2D eigenvalue weighted by atomic mass is 16.5. The third-order valence-electron chi connectivity index (χ3n) is 17.5. The summed E-state index contributed by atoms with van der Waals surface area (Å²) in [5.74, 6) is -0.0195. The molecular formula is C75H145NO5. The molecule has 0 rings (SSSR count). The minimum atomic E-state index is -0.667. The lowest BCUT2D eigenvalue weighted by molar-refractivity contribution is -0.143. The minimum Gasteiger partial charge on any atom is -0.466 e. The van der Waals surface area contributed by atoms with E-state index in [4.69, 9.17) is 4.74 Å². The van der Waals surface area contributed by atoms with E-state index in [1.54, 1.807) is 0 Å². The first kappa shape index (κ1) is 79.3. The van der Waals surface area contributed by atoms with Crippen LogP contribution in [0.3, 0.4) is 0 Å². The van der Waals surface area contributed by atoms with Crippen LogP contribution < -0.4 is 5.32 Å². The molecule has 0 fully saturated rings. The lowest BCUT2D eigenvalue weighted by Crippen LogP contribution is -2.45. The summed E-state index contributed by atoms with van der Waals surface area (Å²) < 4.78 is 5.51. The smallest absolute Gasteiger partial charge is 0.305 e. The highest BCUT2D eigenvalue weighted by molar-refractivity contribution is 5.76. The van der Waals surface area contributed by atoms with E-state index < -0.39 is 12.1 Å². The molecule has 2 atom stereocenters. The molecule has 0 aliphatic heterocycles. The summed E-state index contributed by atoms with van der Waals surface area (Å²) in [7, 11) is 0. The second-order valence-corrected chi connectivity index (χ2v) is 25.6.